The average Bonchev–Trinajstić information content (AvgIpc) is 3.20. The molecule has 2 aliphatic rings. The number of amides is 1. The molecular weight excluding hydrogens is 350 g/mol. The summed E-state index contributed by atoms with van der Waals surface area (Å²) >= 11 is 5.18. The SMILES string of the molecule is CC(=O)N(c1ccc(Br)cc1)C1CSC(=NC2CC2)N1C. The zero-order valence-corrected chi connectivity index (χ0v) is 14.5. The molecule has 1 amide bonds. The van der Waals surface area contributed by atoms with Gasteiger partial charge in [-0.05, 0) is 37.1 Å². The fourth-order valence-electron chi connectivity index (χ4n) is 2.39. The normalized spacial score (nSPS) is 23.7. The third kappa shape index (κ3) is 3.26. The van der Waals surface area contributed by atoms with E-state index in [1.54, 1.807) is 18.7 Å². The molecule has 1 atom stereocenters. The van der Waals surface area contributed by atoms with E-state index in [1.165, 1.54) is 12.8 Å². The van der Waals surface area contributed by atoms with E-state index < -0.39 is 0 Å². The molecule has 0 N–H and O–H groups in total. The predicted octanol–water partition coefficient (Wildman–Crippen LogP) is 3.33. The second kappa shape index (κ2) is 6.01. The molecule has 0 spiro atoms. The third-order valence-electron chi connectivity index (χ3n) is 3.69. The summed E-state index contributed by atoms with van der Waals surface area (Å²) in [6, 6.07) is 8.38. The number of halogens is 1. The summed E-state index contributed by atoms with van der Waals surface area (Å²) < 4.78 is 1.01. The van der Waals surface area contributed by atoms with Gasteiger partial charge in [0.15, 0.2) is 5.17 Å². The number of hydrogen-bond donors (Lipinski definition) is 0. The van der Waals surface area contributed by atoms with Crippen LogP contribution in [-0.2, 0) is 4.79 Å². The molecule has 1 unspecified atom stereocenters. The Morgan fingerprint density at radius 2 is 2.05 bits per heavy atom. The van der Waals surface area contributed by atoms with Gasteiger partial charge < -0.3 is 4.90 Å². The van der Waals surface area contributed by atoms with Gasteiger partial charge in [-0.2, -0.15) is 0 Å². The van der Waals surface area contributed by atoms with Gasteiger partial charge in [-0.15, -0.1) is 0 Å². The summed E-state index contributed by atoms with van der Waals surface area (Å²) in [7, 11) is 2.03. The van der Waals surface area contributed by atoms with Crippen molar-refractivity contribution in [1.82, 2.24) is 4.90 Å². The number of rotatable bonds is 3. The second-order valence-electron chi connectivity index (χ2n) is 5.41. The Hall–Kier alpha value is -1.01. The van der Waals surface area contributed by atoms with E-state index in [0.717, 1.165) is 21.1 Å². The predicted molar refractivity (Wildman–Crippen MR) is 91.8 cm³/mol. The minimum atomic E-state index is 0.0335. The number of benzene rings is 1. The lowest BCUT2D eigenvalue weighted by Crippen LogP contribution is -2.48. The number of nitrogens with zero attached hydrogens (tertiary/aromatic N) is 3. The molecule has 1 aliphatic carbocycles. The topological polar surface area (TPSA) is 35.9 Å². The molecule has 112 valence electrons. The van der Waals surface area contributed by atoms with Crippen molar-refractivity contribution < 1.29 is 4.79 Å². The highest BCUT2D eigenvalue weighted by Gasteiger charge is 2.35. The van der Waals surface area contributed by atoms with Crippen LogP contribution in [0.1, 0.15) is 19.8 Å². The third-order valence-corrected chi connectivity index (χ3v) is 5.34. The lowest BCUT2D eigenvalue weighted by molar-refractivity contribution is -0.117. The number of carbonyl (C=O) groups is 1. The minimum absolute atomic E-state index is 0.0335. The quantitative estimate of drug-likeness (QED) is 0.821. The average molecular weight is 368 g/mol. The monoisotopic (exact) mass is 367 g/mol. The number of amidine groups is 1. The van der Waals surface area contributed by atoms with Crippen molar-refractivity contribution in [2.45, 2.75) is 32.0 Å². The zero-order chi connectivity index (χ0) is 15.0. The lowest BCUT2D eigenvalue weighted by atomic mass is 10.2. The van der Waals surface area contributed by atoms with Crippen LogP contribution in [0.3, 0.4) is 0 Å². The van der Waals surface area contributed by atoms with Crippen LogP contribution in [0.15, 0.2) is 33.7 Å². The maximum Gasteiger partial charge on any atom is 0.225 e. The largest absolute Gasteiger partial charge is 0.333 e. The Morgan fingerprint density at radius 1 is 1.38 bits per heavy atom. The smallest absolute Gasteiger partial charge is 0.225 e. The van der Waals surface area contributed by atoms with E-state index in [9.17, 15) is 4.79 Å². The van der Waals surface area contributed by atoms with Crippen LogP contribution in [0.4, 0.5) is 5.69 Å². The Labute approximate surface area is 137 Å². The van der Waals surface area contributed by atoms with Crippen LogP contribution >= 0.6 is 27.7 Å². The first-order chi connectivity index (χ1) is 10.1. The van der Waals surface area contributed by atoms with Gasteiger partial charge in [0.05, 0.1) is 6.04 Å². The molecule has 1 saturated carbocycles. The molecule has 1 saturated heterocycles. The van der Waals surface area contributed by atoms with E-state index in [2.05, 4.69) is 20.8 Å². The summed E-state index contributed by atoms with van der Waals surface area (Å²) in [6.45, 7) is 1.62. The number of aliphatic imine (C=N–C) groups is 1. The lowest BCUT2D eigenvalue weighted by Gasteiger charge is -2.32. The minimum Gasteiger partial charge on any atom is -0.333 e. The van der Waals surface area contributed by atoms with Crippen molar-refractivity contribution in [3.8, 4) is 0 Å². The van der Waals surface area contributed by atoms with Gasteiger partial charge in [0.2, 0.25) is 5.91 Å². The van der Waals surface area contributed by atoms with Gasteiger partial charge in [0.25, 0.3) is 0 Å². The molecule has 1 aromatic rings. The van der Waals surface area contributed by atoms with Crippen molar-refractivity contribution >= 4 is 44.5 Å². The molecule has 0 bridgehead atoms. The van der Waals surface area contributed by atoms with Crippen LogP contribution in [0.5, 0.6) is 0 Å². The molecule has 21 heavy (non-hydrogen) atoms. The van der Waals surface area contributed by atoms with Crippen molar-refractivity contribution in [2.75, 3.05) is 17.7 Å². The zero-order valence-electron chi connectivity index (χ0n) is 12.1. The van der Waals surface area contributed by atoms with E-state index in [0.29, 0.717) is 6.04 Å². The molecule has 4 nitrogen and oxygen atoms in total. The van der Waals surface area contributed by atoms with Gasteiger partial charge in [0, 0.05) is 29.9 Å². The first-order valence-electron chi connectivity index (χ1n) is 7.05. The number of anilines is 1. The molecular formula is C15H18BrN3OS. The van der Waals surface area contributed by atoms with Gasteiger partial charge >= 0.3 is 0 Å². The molecule has 1 aliphatic heterocycles. The molecule has 2 fully saturated rings. The number of carbonyl (C=O) groups excluding carboxylic acids is 1. The van der Waals surface area contributed by atoms with Gasteiger partial charge in [0.1, 0.15) is 6.17 Å². The van der Waals surface area contributed by atoms with Crippen LogP contribution in [0.25, 0.3) is 0 Å². The molecule has 0 aromatic heterocycles. The fraction of sp³-hybridized carbons (Fsp3) is 0.467. The number of hydrogen-bond acceptors (Lipinski definition) is 3. The highest BCUT2D eigenvalue weighted by Crippen LogP contribution is 2.32. The van der Waals surface area contributed by atoms with E-state index in [4.69, 9.17) is 4.99 Å². The first-order valence-corrected chi connectivity index (χ1v) is 8.83. The standard InChI is InChI=1S/C15H18BrN3OS/c1-10(20)19(13-7-3-11(16)4-8-13)14-9-21-15(18(14)2)17-12-5-6-12/h3-4,7-8,12,14H,5-6,9H2,1-2H3. The van der Waals surface area contributed by atoms with Crippen molar-refractivity contribution in [2.24, 2.45) is 4.99 Å². The van der Waals surface area contributed by atoms with Gasteiger partial charge in [-0.25, -0.2) is 0 Å². The summed E-state index contributed by atoms with van der Waals surface area (Å²) in [6.07, 6.45) is 2.43. The Morgan fingerprint density at radius 3 is 2.62 bits per heavy atom. The van der Waals surface area contributed by atoms with E-state index in [-0.39, 0.29) is 12.1 Å². The molecule has 3 rings (SSSR count). The van der Waals surface area contributed by atoms with Crippen LogP contribution < -0.4 is 4.90 Å². The van der Waals surface area contributed by atoms with Crippen LogP contribution in [0, 0.1) is 0 Å². The Kier molecular flexibility index (Phi) is 4.26. The van der Waals surface area contributed by atoms with Crippen LogP contribution in [-0.4, -0.2) is 41.0 Å². The molecule has 0 radical (unpaired) electrons. The van der Waals surface area contributed by atoms with E-state index in [1.807, 2.05) is 36.2 Å². The molecule has 1 aromatic carbocycles. The first kappa shape index (κ1) is 14.9. The van der Waals surface area contributed by atoms with Crippen molar-refractivity contribution in [3.05, 3.63) is 28.7 Å². The Balaban J connectivity index is 1.84. The summed E-state index contributed by atoms with van der Waals surface area (Å²) in [4.78, 5) is 20.9. The maximum absolute atomic E-state index is 12.1. The maximum atomic E-state index is 12.1. The summed E-state index contributed by atoms with van der Waals surface area (Å²) in [5, 5.41) is 1.06. The highest BCUT2D eigenvalue weighted by atomic mass is 79.9. The molecule has 1 heterocycles. The number of thioether (sulfide) groups is 1. The summed E-state index contributed by atoms with van der Waals surface area (Å²) in [5.74, 6) is 0.917. The Bertz CT molecular complexity index is 571. The summed E-state index contributed by atoms with van der Waals surface area (Å²) in [5.41, 5.74) is 0.927. The van der Waals surface area contributed by atoms with Crippen LogP contribution in [0.2, 0.25) is 0 Å². The van der Waals surface area contributed by atoms with Crippen molar-refractivity contribution in [3.63, 3.8) is 0 Å². The highest BCUT2D eigenvalue weighted by molar-refractivity contribution is 9.10. The van der Waals surface area contributed by atoms with Gasteiger partial charge in [-0.1, -0.05) is 27.7 Å². The van der Waals surface area contributed by atoms with Crippen molar-refractivity contribution in [1.29, 1.82) is 0 Å². The molecule has 6 heteroatoms. The van der Waals surface area contributed by atoms with Gasteiger partial charge in [-0.3, -0.25) is 14.7 Å². The second-order valence-corrected chi connectivity index (χ2v) is 7.31. The fourth-order valence-corrected chi connectivity index (χ4v) is 3.88. The van der Waals surface area contributed by atoms with E-state index >= 15 is 0 Å².